The molecule has 0 spiro atoms. The zero-order valence-electron chi connectivity index (χ0n) is 6.48. The van der Waals surface area contributed by atoms with Gasteiger partial charge in [-0.25, -0.2) is 13.1 Å². The lowest BCUT2D eigenvalue weighted by Gasteiger charge is -2.08. The Labute approximate surface area is 66.6 Å². The van der Waals surface area contributed by atoms with E-state index in [0.717, 1.165) is 6.26 Å². The molecule has 0 aliphatic carbocycles. The number of hydrogen-bond donors (Lipinski definition) is 3. The first-order valence-electron chi connectivity index (χ1n) is 3.13. The first-order chi connectivity index (χ1) is 4.83. The lowest BCUT2D eigenvalue weighted by molar-refractivity contribution is 0.387. The molecule has 0 heterocycles. The lowest BCUT2D eigenvalue weighted by atomic mass is 9.74. The summed E-state index contributed by atoms with van der Waals surface area (Å²) in [6.07, 6.45) is 1.02. The second kappa shape index (κ2) is 4.05. The Morgan fingerprint density at radius 2 is 2.00 bits per heavy atom. The van der Waals surface area contributed by atoms with Crippen LogP contribution in [-0.2, 0) is 10.0 Å². The van der Waals surface area contributed by atoms with Crippen molar-refractivity contribution >= 4 is 17.1 Å². The number of hydrogen-bond acceptors (Lipinski definition) is 4. The van der Waals surface area contributed by atoms with Crippen LogP contribution in [0.25, 0.3) is 0 Å². The van der Waals surface area contributed by atoms with E-state index in [-0.39, 0.29) is 6.54 Å². The highest BCUT2D eigenvalue weighted by molar-refractivity contribution is 7.88. The van der Waals surface area contributed by atoms with E-state index >= 15 is 0 Å². The van der Waals surface area contributed by atoms with Gasteiger partial charge >= 0.3 is 7.12 Å². The molecule has 0 aliphatic rings. The van der Waals surface area contributed by atoms with Crippen molar-refractivity contribution in [1.82, 2.24) is 4.72 Å². The molecule has 11 heavy (non-hydrogen) atoms. The van der Waals surface area contributed by atoms with Crippen LogP contribution in [0.3, 0.4) is 0 Å². The lowest BCUT2D eigenvalue weighted by Crippen LogP contribution is -2.31. The average molecular weight is 181 g/mol. The molecule has 0 radical (unpaired) electrons. The Morgan fingerprint density at radius 1 is 1.55 bits per heavy atom. The molecule has 0 saturated carbocycles. The van der Waals surface area contributed by atoms with Crippen LogP contribution in [0.4, 0.5) is 0 Å². The van der Waals surface area contributed by atoms with Crippen molar-refractivity contribution in [3.05, 3.63) is 0 Å². The molecule has 1 atom stereocenters. The summed E-state index contributed by atoms with van der Waals surface area (Å²) in [5, 5.41) is 17.1. The SMILES string of the molecule is CC(CNS(C)(=O)=O)B(O)O. The molecule has 66 valence electrons. The fourth-order valence-corrected chi connectivity index (χ4v) is 0.954. The minimum atomic E-state index is -3.22. The van der Waals surface area contributed by atoms with Gasteiger partial charge in [0.25, 0.3) is 0 Å². The van der Waals surface area contributed by atoms with Crippen LogP contribution in [0.5, 0.6) is 0 Å². The summed E-state index contributed by atoms with van der Waals surface area (Å²) in [5.74, 6) is -0.496. The van der Waals surface area contributed by atoms with Crippen molar-refractivity contribution in [1.29, 1.82) is 0 Å². The van der Waals surface area contributed by atoms with Crippen LogP contribution in [-0.4, -0.2) is 38.4 Å². The van der Waals surface area contributed by atoms with Gasteiger partial charge in [0.2, 0.25) is 10.0 Å². The van der Waals surface area contributed by atoms with E-state index in [0.29, 0.717) is 0 Å². The molecule has 0 aliphatic heterocycles. The third-order valence-electron chi connectivity index (χ3n) is 1.18. The molecule has 0 bridgehead atoms. The van der Waals surface area contributed by atoms with Crippen molar-refractivity contribution in [3.8, 4) is 0 Å². The van der Waals surface area contributed by atoms with E-state index in [1.807, 2.05) is 0 Å². The van der Waals surface area contributed by atoms with Crippen LogP contribution in [0.2, 0.25) is 5.82 Å². The zero-order chi connectivity index (χ0) is 9.07. The van der Waals surface area contributed by atoms with Crippen LogP contribution < -0.4 is 4.72 Å². The molecule has 0 aromatic carbocycles. The molecule has 3 N–H and O–H groups in total. The van der Waals surface area contributed by atoms with Gasteiger partial charge in [0.15, 0.2) is 0 Å². The summed E-state index contributed by atoms with van der Waals surface area (Å²) >= 11 is 0. The fourth-order valence-electron chi connectivity index (χ4n) is 0.388. The largest absolute Gasteiger partial charge is 0.455 e. The van der Waals surface area contributed by atoms with E-state index in [4.69, 9.17) is 10.0 Å². The Kier molecular flexibility index (Phi) is 4.02. The summed E-state index contributed by atoms with van der Waals surface area (Å²) in [6.45, 7) is 1.57. The highest BCUT2D eigenvalue weighted by atomic mass is 32.2. The molecule has 1 unspecified atom stereocenters. The normalized spacial score (nSPS) is 14.5. The molecular formula is C4H12BNO4S. The van der Waals surface area contributed by atoms with Crippen molar-refractivity contribution < 1.29 is 18.5 Å². The van der Waals surface area contributed by atoms with E-state index in [1.165, 1.54) is 6.92 Å². The van der Waals surface area contributed by atoms with Gasteiger partial charge in [0, 0.05) is 12.4 Å². The van der Waals surface area contributed by atoms with E-state index in [1.54, 1.807) is 0 Å². The highest BCUT2D eigenvalue weighted by Gasteiger charge is 2.18. The first kappa shape index (κ1) is 10.9. The molecule has 5 nitrogen and oxygen atoms in total. The minimum Gasteiger partial charge on any atom is -0.427 e. The van der Waals surface area contributed by atoms with Crippen LogP contribution in [0, 0.1) is 0 Å². The third kappa shape index (κ3) is 6.30. The van der Waals surface area contributed by atoms with Gasteiger partial charge in [-0.15, -0.1) is 0 Å². The van der Waals surface area contributed by atoms with Crippen LogP contribution >= 0.6 is 0 Å². The maximum atomic E-state index is 10.5. The van der Waals surface area contributed by atoms with Crippen molar-refractivity contribution in [2.24, 2.45) is 0 Å². The van der Waals surface area contributed by atoms with Crippen molar-refractivity contribution in [2.75, 3.05) is 12.8 Å². The fraction of sp³-hybridized carbons (Fsp3) is 1.00. The predicted octanol–water partition coefficient (Wildman–Crippen LogP) is -1.60. The van der Waals surface area contributed by atoms with Crippen LogP contribution in [0.1, 0.15) is 6.92 Å². The maximum absolute atomic E-state index is 10.5. The summed E-state index contributed by atoms with van der Waals surface area (Å²) in [4.78, 5) is 0. The zero-order valence-corrected chi connectivity index (χ0v) is 7.30. The number of sulfonamides is 1. The summed E-state index contributed by atoms with van der Waals surface area (Å²) < 4.78 is 23.1. The predicted molar refractivity (Wildman–Crippen MR) is 42.5 cm³/mol. The van der Waals surface area contributed by atoms with Gasteiger partial charge in [-0.2, -0.15) is 0 Å². The number of rotatable bonds is 4. The van der Waals surface area contributed by atoms with Gasteiger partial charge in [-0.05, 0) is 0 Å². The van der Waals surface area contributed by atoms with Gasteiger partial charge in [-0.1, -0.05) is 6.92 Å². The summed E-state index contributed by atoms with van der Waals surface area (Å²) in [6, 6.07) is 0. The smallest absolute Gasteiger partial charge is 0.427 e. The molecule has 0 aromatic heterocycles. The van der Waals surface area contributed by atoms with Crippen molar-refractivity contribution in [2.45, 2.75) is 12.7 Å². The summed E-state index contributed by atoms with van der Waals surface area (Å²) in [5.41, 5.74) is 0. The van der Waals surface area contributed by atoms with Crippen molar-refractivity contribution in [3.63, 3.8) is 0 Å². The minimum absolute atomic E-state index is 0.0382. The summed E-state index contributed by atoms with van der Waals surface area (Å²) in [7, 11) is -4.71. The quantitative estimate of drug-likeness (QED) is 0.456. The molecule has 0 rings (SSSR count). The van der Waals surface area contributed by atoms with Gasteiger partial charge in [-0.3, -0.25) is 0 Å². The van der Waals surface area contributed by atoms with Crippen LogP contribution in [0.15, 0.2) is 0 Å². The standard InChI is InChI=1S/C4H12BNO4S/c1-4(5(7)8)3-6-11(2,9)10/h4,6-8H,3H2,1-2H3. The van der Waals surface area contributed by atoms with E-state index in [9.17, 15) is 8.42 Å². The molecule has 0 aromatic rings. The Morgan fingerprint density at radius 3 is 2.27 bits per heavy atom. The molecule has 0 saturated heterocycles. The first-order valence-corrected chi connectivity index (χ1v) is 5.03. The average Bonchev–Trinajstić information content (AvgIpc) is 1.80. The molecule has 0 amide bonds. The van der Waals surface area contributed by atoms with Gasteiger partial charge in [0.05, 0.1) is 6.26 Å². The number of nitrogens with one attached hydrogen (secondary N) is 1. The van der Waals surface area contributed by atoms with E-state index in [2.05, 4.69) is 4.72 Å². The monoisotopic (exact) mass is 181 g/mol. The third-order valence-corrected chi connectivity index (χ3v) is 1.87. The van der Waals surface area contributed by atoms with E-state index < -0.39 is 23.0 Å². The highest BCUT2D eigenvalue weighted by Crippen LogP contribution is 2.01. The second-order valence-electron chi connectivity index (χ2n) is 2.51. The van der Waals surface area contributed by atoms with Gasteiger partial charge < -0.3 is 10.0 Å². The second-order valence-corrected chi connectivity index (χ2v) is 4.34. The Bertz CT molecular complexity index is 202. The molecule has 7 heteroatoms. The maximum Gasteiger partial charge on any atom is 0.455 e. The molecular weight excluding hydrogens is 169 g/mol. The van der Waals surface area contributed by atoms with Gasteiger partial charge in [0.1, 0.15) is 0 Å². The topological polar surface area (TPSA) is 86.6 Å². The Hall–Kier alpha value is -0.105. The molecule has 0 fully saturated rings. The Balaban J connectivity index is 3.72.